The van der Waals surface area contributed by atoms with Crippen LogP contribution in [0.3, 0.4) is 0 Å². The molecule has 0 aliphatic carbocycles. The van der Waals surface area contributed by atoms with Crippen LogP contribution in [0.5, 0.6) is 0 Å². The Bertz CT molecular complexity index is 723. The lowest BCUT2D eigenvalue weighted by molar-refractivity contribution is -0.123. The second-order valence-corrected chi connectivity index (χ2v) is 9.39. The van der Waals surface area contributed by atoms with Gasteiger partial charge in [0.05, 0.1) is 18.6 Å². The van der Waals surface area contributed by atoms with E-state index in [0.29, 0.717) is 25.5 Å². The van der Waals surface area contributed by atoms with Gasteiger partial charge in [-0.05, 0) is 38.3 Å². The van der Waals surface area contributed by atoms with Gasteiger partial charge in [-0.2, -0.15) is 16.8 Å². The fourth-order valence-electron chi connectivity index (χ4n) is 2.01. The summed E-state index contributed by atoms with van der Waals surface area (Å²) < 4.78 is 51.7. The molecule has 0 bridgehead atoms. The molecule has 0 aromatic heterocycles. The Labute approximate surface area is 173 Å². The lowest BCUT2D eigenvalue weighted by atomic mass is 10.1. The van der Waals surface area contributed by atoms with E-state index in [0.717, 1.165) is 19.3 Å². The molecule has 10 nitrogen and oxygen atoms in total. The van der Waals surface area contributed by atoms with E-state index in [9.17, 15) is 21.6 Å². The summed E-state index contributed by atoms with van der Waals surface area (Å²) >= 11 is 0. The number of amides is 1. The number of rotatable bonds is 8. The summed E-state index contributed by atoms with van der Waals surface area (Å²) in [6.45, 7) is 2.65. The molecule has 1 aromatic carbocycles. The number of carbonyl (C=O) groups excluding carboxylic acids is 1. The van der Waals surface area contributed by atoms with Crippen molar-refractivity contribution in [3.05, 3.63) is 35.9 Å². The van der Waals surface area contributed by atoms with Crippen molar-refractivity contribution in [3.8, 4) is 0 Å². The van der Waals surface area contributed by atoms with Crippen molar-refractivity contribution >= 4 is 26.1 Å². The molecule has 0 spiro atoms. The van der Waals surface area contributed by atoms with E-state index < -0.39 is 26.3 Å². The van der Waals surface area contributed by atoms with Crippen LogP contribution in [0.4, 0.5) is 0 Å². The third kappa shape index (κ3) is 28.7. The zero-order valence-electron chi connectivity index (χ0n) is 17.0. The largest absolute Gasteiger partial charge is 0.352 e. The summed E-state index contributed by atoms with van der Waals surface area (Å²) in [6.07, 6.45) is 4.77. The van der Waals surface area contributed by atoms with E-state index in [1.54, 1.807) is 0 Å². The molecule has 0 aliphatic rings. The summed E-state index contributed by atoms with van der Waals surface area (Å²) in [6, 6.07) is 9.78. The van der Waals surface area contributed by atoms with Gasteiger partial charge in [0.2, 0.25) is 5.91 Å². The minimum absolute atomic E-state index is 0.0690. The third-order valence-corrected chi connectivity index (χ3v) is 3.08. The average Bonchev–Trinajstić information content (AvgIpc) is 2.52. The molecule has 0 saturated carbocycles. The number of nitrogens with one attached hydrogen (secondary N) is 1. The van der Waals surface area contributed by atoms with Crippen LogP contribution in [0.1, 0.15) is 31.7 Å². The number of hydrogen-bond donors (Lipinski definition) is 5. The van der Waals surface area contributed by atoms with Crippen LogP contribution in [0, 0.1) is 0 Å². The van der Waals surface area contributed by atoms with Crippen molar-refractivity contribution in [1.82, 2.24) is 5.32 Å². The van der Waals surface area contributed by atoms with Crippen LogP contribution in [-0.4, -0.2) is 63.0 Å². The molecule has 0 aliphatic heterocycles. The van der Waals surface area contributed by atoms with E-state index >= 15 is 0 Å². The highest BCUT2D eigenvalue weighted by molar-refractivity contribution is 7.85. The fraction of sp³-hybridized carbons (Fsp3) is 0.588. The van der Waals surface area contributed by atoms with Crippen LogP contribution < -0.4 is 16.8 Å². The molecular weight excluding hydrogens is 422 g/mol. The maximum Gasteiger partial charge on any atom is 0.261 e. The summed E-state index contributed by atoms with van der Waals surface area (Å²) in [5, 5.41) is 2.96. The van der Waals surface area contributed by atoms with Crippen LogP contribution in [-0.2, 0) is 31.5 Å². The van der Waals surface area contributed by atoms with Crippen molar-refractivity contribution in [3.63, 3.8) is 0 Å². The maximum absolute atomic E-state index is 11.9. The van der Waals surface area contributed by atoms with Crippen LogP contribution in [0.25, 0.3) is 0 Å². The molecule has 0 fully saturated rings. The van der Waals surface area contributed by atoms with Gasteiger partial charge in [-0.15, -0.1) is 0 Å². The molecule has 7 N–H and O–H groups in total. The summed E-state index contributed by atoms with van der Waals surface area (Å²) in [5.41, 5.74) is 12.5. The molecule has 29 heavy (non-hydrogen) atoms. The lowest BCUT2D eigenvalue weighted by Gasteiger charge is -2.17. The van der Waals surface area contributed by atoms with Crippen LogP contribution in [0.15, 0.2) is 30.3 Å². The van der Waals surface area contributed by atoms with Crippen molar-refractivity contribution in [1.29, 1.82) is 0 Å². The number of carbonyl (C=O) groups is 1. The Morgan fingerprint density at radius 2 is 1.48 bits per heavy atom. The molecule has 0 unspecified atom stereocenters. The first-order valence-electron chi connectivity index (χ1n) is 8.78. The van der Waals surface area contributed by atoms with Gasteiger partial charge in [-0.3, -0.25) is 13.9 Å². The third-order valence-electron chi connectivity index (χ3n) is 3.08. The smallest absolute Gasteiger partial charge is 0.261 e. The Morgan fingerprint density at radius 3 is 1.90 bits per heavy atom. The predicted octanol–water partition coefficient (Wildman–Crippen LogP) is 0.198. The summed E-state index contributed by atoms with van der Waals surface area (Å²) in [7, 11) is -7.33. The number of unbranched alkanes of at least 4 members (excludes halogenated alkanes) is 1. The van der Waals surface area contributed by atoms with E-state index in [1.807, 2.05) is 25.1 Å². The first-order chi connectivity index (χ1) is 13.1. The molecule has 1 amide bonds. The molecule has 1 aromatic rings. The highest BCUT2D eigenvalue weighted by atomic mass is 32.2. The Balaban J connectivity index is 0. The Morgan fingerprint density at radius 1 is 1.03 bits per heavy atom. The zero-order chi connectivity index (χ0) is 23.1. The van der Waals surface area contributed by atoms with Gasteiger partial charge in [-0.1, -0.05) is 36.8 Å². The Kier molecular flexibility index (Phi) is 15.6. The second-order valence-electron chi connectivity index (χ2n) is 6.46. The second kappa shape index (κ2) is 15.3. The summed E-state index contributed by atoms with van der Waals surface area (Å²) in [4.78, 5) is 11.9. The molecule has 12 heteroatoms. The van der Waals surface area contributed by atoms with Gasteiger partial charge < -0.3 is 16.8 Å². The van der Waals surface area contributed by atoms with Gasteiger partial charge in [0.25, 0.3) is 20.2 Å². The van der Waals surface area contributed by atoms with Crippen LogP contribution in [0.2, 0.25) is 0 Å². The topological polar surface area (TPSA) is 190 Å². The normalized spacial score (nSPS) is 13.1. The van der Waals surface area contributed by atoms with Gasteiger partial charge >= 0.3 is 0 Å². The molecule has 1 rings (SSSR count). The monoisotopic (exact) mass is 455 g/mol. The fourth-order valence-corrected chi connectivity index (χ4v) is 2.01. The standard InChI is InChI=1S/C15H25N3O.2CH4O3S/c1-12(11-13-7-3-2-4-8-13)18-15(19)14(17)9-5-6-10-16;2*1-5(2,3)4/h2-4,7-8,12,14H,5-6,9-11,16-17H2,1H3,(H,18,19);2*1H3,(H,2,3,4)/t12-,14-;;/m0../s1. The zero-order valence-corrected chi connectivity index (χ0v) is 18.6. The van der Waals surface area contributed by atoms with Gasteiger partial charge in [0.15, 0.2) is 0 Å². The highest BCUT2D eigenvalue weighted by Crippen LogP contribution is 2.04. The maximum atomic E-state index is 11.9. The SMILES string of the molecule is CS(=O)(=O)O.CS(=O)(=O)O.C[C@@H](Cc1ccccc1)NC(=O)[C@@H](N)CCCCN. The lowest BCUT2D eigenvalue weighted by Crippen LogP contribution is -2.45. The first kappa shape index (κ1) is 29.6. The number of nitrogens with two attached hydrogens (primary N) is 2. The van der Waals surface area contributed by atoms with Gasteiger partial charge in [-0.25, -0.2) is 0 Å². The minimum Gasteiger partial charge on any atom is -0.352 e. The molecule has 0 saturated heterocycles. The Hall–Kier alpha value is -1.57. The first-order valence-corrected chi connectivity index (χ1v) is 12.5. The van der Waals surface area contributed by atoms with Crippen molar-refractivity contribution in [2.75, 3.05) is 19.1 Å². The van der Waals surface area contributed by atoms with Crippen molar-refractivity contribution < 1.29 is 30.7 Å². The van der Waals surface area contributed by atoms with Gasteiger partial charge in [0.1, 0.15) is 0 Å². The predicted molar refractivity (Wildman–Crippen MR) is 114 cm³/mol. The van der Waals surface area contributed by atoms with E-state index in [4.69, 9.17) is 20.6 Å². The molecule has 0 radical (unpaired) electrons. The van der Waals surface area contributed by atoms with Gasteiger partial charge in [0, 0.05) is 6.04 Å². The van der Waals surface area contributed by atoms with Crippen molar-refractivity contribution in [2.45, 2.75) is 44.7 Å². The van der Waals surface area contributed by atoms with E-state index in [1.165, 1.54) is 5.56 Å². The number of hydrogen-bond acceptors (Lipinski definition) is 7. The van der Waals surface area contributed by atoms with E-state index in [-0.39, 0.29) is 11.9 Å². The quantitative estimate of drug-likeness (QED) is 0.269. The average molecular weight is 456 g/mol. The molecule has 0 heterocycles. The highest BCUT2D eigenvalue weighted by Gasteiger charge is 2.15. The molecule has 170 valence electrons. The van der Waals surface area contributed by atoms with Crippen LogP contribution >= 0.6 is 0 Å². The number of benzene rings is 1. The molecule has 2 atom stereocenters. The van der Waals surface area contributed by atoms with Crippen molar-refractivity contribution in [2.24, 2.45) is 11.5 Å². The molecular formula is C17H33N3O7S2. The van der Waals surface area contributed by atoms with E-state index in [2.05, 4.69) is 17.4 Å². The minimum atomic E-state index is -3.67. The summed E-state index contributed by atoms with van der Waals surface area (Å²) in [5.74, 6) is -0.0690.